The monoisotopic (exact) mass is 648 g/mol. The van der Waals surface area contributed by atoms with Gasteiger partial charge in [0.2, 0.25) is 0 Å². The predicted molar refractivity (Wildman–Crippen MR) is 200 cm³/mol. The molecule has 0 heterocycles. The minimum atomic E-state index is -0.875. The highest BCUT2D eigenvalue weighted by atomic mass is 16.5. The van der Waals surface area contributed by atoms with Gasteiger partial charge in [0.1, 0.15) is 5.75 Å². The standard InChI is InChI=1S/C10H12O2.C9H12.C8H8O2.C8H10O.C8H10/c1-3-12-10(11)9-6-4-8(2)5-7-9;1-7-4-5-8(2)9(3)6-7;1-6-2-4-7(5-3-6)8(9)10;1-7-4-3-5-8(6-7)9-2;1-7-5-3-4-6-8(7)2/h4-7H,3H2,1-2H3;4-6H,1-3H3;2-5H,1H3,(H,9,10);3-6H,1-2H3;3-6H,1-2H3. The summed E-state index contributed by atoms with van der Waals surface area (Å²) in [6.45, 7) is 18.8. The summed E-state index contributed by atoms with van der Waals surface area (Å²) >= 11 is 0. The van der Waals surface area contributed by atoms with Crippen LogP contribution in [-0.2, 0) is 4.74 Å². The Labute approximate surface area is 288 Å². The quantitative estimate of drug-likeness (QED) is 0.196. The molecule has 0 aliphatic heterocycles. The Bertz CT molecular complexity index is 1650. The minimum Gasteiger partial charge on any atom is -0.497 e. The number of carbonyl (C=O) groups is 2. The maximum absolute atomic E-state index is 11.1. The van der Waals surface area contributed by atoms with E-state index in [0.717, 1.165) is 16.9 Å². The summed E-state index contributed by atoms with van der Waals surface area (Å²) < 4.78 is 9.82. The molecule has 0 spiro atoms. The van der Waals surface area contributed by atoms with Gasteiger partial charge >= 0.3 is 11.9 Å². The molecule has 5 nitrogen and oxygen atoms in total. The van der Waals surface area contributed by atoms with Crippen molar-refractivity contribution in [2.75, 3.05) is 13.7 Å². The molecule has 5 heteroatoms. The lowest BCUT2D eigenvalue weighted by molar-refractivity contribution is 0.0525. The number of ether oxygens (including phenoxy) is 2. The van der Waals surface area contributed by atoms with Gasteiger partial charge in [-0.2, -0.15) is 0 Å². The van der Waals surface area contributed by atoms with Gasteiger partial charge in [0.05, 0.1) is 24.8 Å². The van der Waals surface area contributed by atoms with Gasteiger partial charge in [-0.1, -0.05) is 95.6 Å². The van der Waals surface area contributed by atoms with Gasteiger partial charge in [0.25, 0.3) is 0 Å². The van der Waals surface area contributed by atoms with Gasteiger partial charge in [-0.15, -0.1) is 0 Å². The molecule has 5 aromatic carbocycles. The van der Waals surface area contributed by atoms with Crippen LogP contribution in [0.4, 0.5) is 0 Å². The summed E-state index contributed by atoms with van der Waals surface area (Å²) in [6, 6.07) is 36.9. The maximum atomic E-state index is 11.1. The van der Waals surface area contributed by atoms with E-state index < -0.39 is 5.97 Å². The summed E-state index contributed by atoms with van der Waals surface area (Å²) in [4.78, 5) is 21.4. The number of methoxy groups -OCH3 is 1. The Kier molecular flexibility index (Phi) is 19.1. The number of aryl methyl sites for hydroxylation is 8. The third kappa shape index (κ3) is 17.0. The van der Waals surface area contributed by atoms with E-state index in [4.69, 9.17) is 14.6 Å². The zero-order chi connectivity index (χ0) is 36.1. The molecule has 48 heavy (non-hydrogen) atoms. The SMILES string of the molecule is CCOC(=O)c1ccc(C)cc1.COc1cccc(C)c1.Cc1ccc(C(=O)O)cc1.Cc1ccc(C)c(C)c1.Cc1ccccc1C. The summed E-state index contributed by atoms with van der Waals surface area (Å²) in [5.74, 6) is -0.201. The number of carboxylic acids is 1. The van der Waals surface area contributed by atoms with Gasteiger partial charge in [-0.05, 0) is 127 Å². The van der Waals surface area contributed by atoms with Crippen molar-refractivity contribution in [1.29, 1.82) is 0 Å². The fourth-order valence-electron chi connectivity index (χ4n) is 3.90. The van der Waals surface area contributed by atoms with E-state index in [1.54, 1.807) is 50.4 Å². The first-order valence-corrected chi connectivity index (χ1v) is 16.0. The highest BCUT2D eigenvalue weighted by molar-refractivity contribution is 5.89. The Morgan fingerprint density at radius 2 is 0.979 bits per heavy atom. The Hall–Kier alpha value is -5.16. The van der Waals surface area contributed by atoms with E-state index in [9.17, 15) is 9.59 Å². The van der Waals surface area contributed by atoms with Crippen molar-refractivity contribution in [1.82, 2.24) is 0 Å². The second kappa shape index (κ2) is 22.4. The van der Waals surface area contributed by atoms with Crippen LogP contribution in [0, 0.1) is 55.4 Å². The van der Waals surface area contributed by atoms with Gasteiger partial charge in [-0.25, -0.2) is 9.59 Å². The van der Waals surface area contributed by atoms with Crippen LogP contribution in [0.1, 0.15) is 72.1 Å². The van der Waals surface area contributed by atoms with Crippen LogP contribution < -0.4 is 4.74 Å². The molecular weight excluding hydrogens is 596 g/mol. The van der Waals surface area contributed by atoms with Crippen LogP contribution in [0.25, 0.3) is 0 Å². The average Bonchev–Trinajstić information content (AvgIpc) is 3.06. The first-order chi connectivity index (χ1) is 22.8. The smallest absolute Gasteiger partial charge is 0.338 e. The number of rotatable bonds is 4. The number of hydrogen-bond acceptors (Lipinski definition) is 4. The topological polar surface area (TPSA) is 72.8 Å². The van der Waals surface area contributed by atoms with Crippen LogP contribution in [0.2, 0.25) is 0 Å². The molecule has 0 amide bonds. The minimum absolute atomic E-state index is 0.252. The van der Waals surface area contributed by atoms with E-state index >= 15 is 0 Å². The molecule has 0 atom stereocenters. The summed E-state index contributed by atoms with van der Waals surface area (Å²) in [6.07, 6.45) is 0. The predicted octanol–water partition coefficient (Wildman–Crippen LogP) is 10.8. The number of esters is 1. The van der Waals surface area contributed by atoms with Crippen molar-refractivity contribution in [3.63, 3.8) is 0 Å². The number of aromatic carboxylic acids is 1. The lowest BCUT2D eigenvalue weighted by Gasteiger charge is -2.00. The van der Waals surface area contributed by atoms with Gasteiger partial charge in [0, 0.05) is 0 Å². The maximum Gasteiger partial charge on any atom is 0.338 e. The first kappa shape index (κ1) is 40.9. The molecule has 0 saturated carbocycles. The molecule has 0 fully saturated rings. The normalized spacial score (nSPS) is 9.38. The molecule has 1 N–H and O–H groups in total. The number of carbonyl (C=O) groups excluding carboxylic acids is 1. The molecule has 0 unspecified atom stereocenters. The zero-order valence-electron chi connectivity index (χ0n) is 30.3. The molecule has 5 rings (SSSR count). The lowest BCUT2D eigenvalue weighted by atomic mass is 10.1. The number of benzene rings is 5. The highest BCUT2D eigenvalue weighted by Gasteiger charge is 2.03. The van der Waals surface area contributed by atoms with Crippen molar-refractivity contribution in [3.05, 3.63) is 171 Å². The van der Waals surface area contributed by atoms with Gasteiger partial charge in [-0.3, -0.25) is 0 Å². The fourth-order valence-corrected chi connectivity index (χ4v) is 3.90. The summed E-state index contributed by atoms with van der Waals surface area (Å²) in [5.41, 5.74) is 11.2. The summed E-state index contributed by atoms with van der Waals surface area (Å²) in [7, 11) is 1.68. The van der Waals surface area contributed by atoms with Crippen LogP contribution in [0.5, 0.6) is 5.75 Å². The van der Waals surface area contributed by atoms with Crippen LogP contribution in [0.15, 0.2) is 115 Å². The Morgan fingerprint density at radius 1 is 0.521 bits per heavy atom. The van der Waals surface area contributed by atoms with Gasteiger partial charge in [0.15, 0.2) is 0 Å². The molecule has 254 valence electrons. The number of hydrogen-bond donors (Lipinski definition) is 1. The third-order valence-corrected chi connectivity index (χ3v) is 7.17. The van der Waals surface area contributed by atoms with Crippen LogP contribution in [-0.4, -0.2) is 30.8 Å². The molecule has 0 saturated heterocycles. The fraction of sp³-hybridized carbons (Fsp3) is 0.256. The molecule has 0 aromatic heterocycles. The average molecular weight is 649 g/mol. The van der Waals surface area contributed by atoms with E-state index in [0.29, 0.717) is 17.7 Å². The first-order valence-electron chi connectivity index (χ1n) is 16.0. The number of carboxylic acid groups (broad SMARTS) is 1. The van der Waals surface area contributed by atoms with E-state index in [1.165, 1.54) is 33.4 Å². The van der Waals surface area contributed by atoms with Crippen molar-refractivity contribution in [2.24, 2.45) is 0 Å². The zero-order valence-corrected chi connectivity index (χ0v) is 30.3. The van der Waals surface area contributed by atoms with E-state index in [-0.39, 0.29) is 5.97 Å². The molecule has 0 radical (unpaired) electrons. The van der Waals surface area contributed by atoms with Gasteiger partial charge < -0.3 is 14.6 Å². The lowest BCUT2D eigenvalue weighted by Crippen LogP contribution is -2.03. The van der Waals surface area contributed by atoms with Crippen molar-refractivity contribution in [3.8, 4) is 5.75 Å². The molecular formula is C43H52O5. The summed E-state index contributed by atoms with van der Waals surface area (Å²) in [5, 5.41) is 8.48. The van der Waals surface area contributed by atoms with E-state index in [1.807, 2.05) is 57.2 Å². The third-order valence-electron chi connectivity index (χ3n) is 7.17. The van der Waals surface area contributed by atoms with E-state index in [2.05, 4.69) is 77.1 Å². The Morgan fingerprint density at radius 3 is 1.35 bits per heavy atom. The molecule has 5 aromatic rings. The van der Waals surface area contributed by atoms with Crippen molar-refractivity contribution in [2.45, 2.75) is 62.3 Å². The van der Waals surface area contributed by atoms with Crippen molar-refractivity contribution >= 4 is 11.9 Å². The molecule has 0 aliphatic rings. The van der Waals surface area contributed by atoms with Crippen LogP contribution in [0.3, 0.4) is 0 Å². The molecule has 0 aliphatic carbocycles. The Balaban J connectivity index is 0.000000302. The largest absolute Gasteiger partial charge is 0.497 e. The molecule has 0 bridgehead atoms. The second-order valence-corrected chi connectivity index (χ2v) is 11.5. The highest BCUT2D eigenvalue weighted by Crippen LogP contribution is 2.11. The van der Waals surface area contributed by atoms with Crippen molar-refractivity contribution < 1.29 is 24.2 Å². The second-order valence-electron chi connectivity index (χ2n) is 11.5. The van der Waals surface area contributed by atoms with Crippen LogP contribution >= 0.6 is 0 Å².